The Balaban J connectivity index is 1.57. The number of fused-ring (bicyclic) bond motifs is 1. The number of amides is 1. The molecule has 4 rings (SSSR count). The van der Waals surface area contributed by atoms with Gasteiger partial charge in [-0.25, -0.2) is 9.97 Å². The van der Waals surface area contributed by atoms with E-state index >= 15 is 0 Å². The number of rotatable bonds is 3. The van der Waals surface area contributed by atoms with Crippen LogP contribution in [0.3, 0.4) is 0 Å². The van der Waals surface area contributed by atoms with E-state index in [0.717, 1.165) is 29.8 Å². The zero-order chi connectivity index (χ0) is 19.7. The van der Waals surface area contributed by atoms with Crippen molar-refractivity contribution in [1.82, 2.24) is 9.97 Å². The van der Waals surface area contributed by atoms with E-state index in [1.165, 1.54) is 24.5 Å². The largest absolute Gasteiger partial charge is 0.416 e. The summed E-state index contributed by atoms with van der Waals surface area (Å²) in [5.41, 5.74) is 1.56. The van der Waals surface area contributed by atoms with Crippen LogP contribution in [0.25, 0.3) is 0 Å². The molecule has 142 valence electrons. The Labute approximate surface area is 158 Å². The molecule has 0 radical (unpaired) electrons. The number of benzene rings is 2. The van der Waals surface area contributed by atoms with Crippen molar-refractivity contribution in [3.63, 3.8) is 0 Å². The molecule has 0 spiro atoms. The Kier molecular flexibility index (Phi) is 4.46. The molecule has 0 fully saturated rings. The van der Waals surface area contributed by atoms with Crippen LogP contribution >= 0.6 is 0 Å². The summed E-state index contributed by atoms with van der Waals surface area (Å²) in [6.07, 6.45) is -2.46. The smallest absolute Gasteiger partial charge is 0.340 e. The highest BCUT2D eigenvalue weighted by Gasteiger charge is 2.30. The quantitative estimate of drug-likeness (QED) is 0.725. The molecule has 1 aliphatic rings. The molecule has 1 N–H and O–H groups in total. The van der Waals surface area contributed by atoms with E-state index in [9.17, 15) is 18.0 Å². The van der Waals surface area contributed by atoms with E-state index in [0.29, 0.717) is 6.54 Å². The highest BCUT2D eigenvalue weighted by Crippen LogP contribution is 2.32. The van der Waals surface area contributed by atoms with Crippen LogP contribution in [-0.2, 0) is 12.6 Å². The van der Waals surface area contributed by atoms with Crippen molar-refractivity contribution < 1.29 is 18.0 Å². The minimum Gasteiger partial charge on any atom is -0.340 e. The van der Waals surface area contributed by atoms with Crippen molar-refractivity contribution in [2.75, 3.05) is 16.8 Å². The van der Waals surface area contributed by atoms with Gasteiger partial charge in [-0.2, -0.15) is 13.2 Å². The lowest BCUT2D eigenvalue weighted by Gasteiger charge is -2.17. The zero-order valence-corrected chi connectivity index (χ0v) is 14.6. The summed E-state index contributed by atoms with van der Waals surface area (Å²) in [4.78, 5) is 22.5. The Morgan fingerprint density at radius 2 is 1.86 bits per heavy atom. The van der Waals surface area contributed by atoms with Gasteiger partial charge in [0.1, 0.15) is 17.8 Å². The number of nitrogens with zero attached hydrogens (tertiary/aromatic N) is 3. The fourth-order valence-electron chi connectivity index (χ4n) is 3.15. The van der Waals surface area contributed by atoms with Crippen LogP contribution in [0, 0.1) is 0 Å². The molecule has 0 bridgehead atoms. The predicted octanol–water partition coefficient (Wildman–Crippen LogP) is 4.44. The van der Waals surface area contributed by atoms with Gasteiger partial charge < -0.3 is 10.2 Å². The van der Waals surface area contributed by atoms with Crippen molar-refractivity contribution in [2.24, 2.45) is 0 Å². The van der Waals surface area contributed by atoms with Gasteiger partial charge in [0.15, 0.2) is 0 Å². The Morgan fingerprint density at radius 3 is 2.68 bits per heavy atom. The molecular formula is C20H15F3N4O. The average molecular weight is 384 g/mol. The van der Waals surface area contributed by atoms with Crippen LogP contribution in [0.15, 0.2) is 60.9 Å². The fraction of sp³-hybridized carbons (Fsp3) is 0.150. The van der Waals surface area contributed by atoms with Crippen molar-refractivity contribution in [1.29, 1.82) is 0 Å². The number of nitrogens with one attached hydrogen (secondary N) is 1. The van der Waals surface area contributed by atoms with Gasteiger partial charge in [0.2, 0.25) is 0 Å². The van der Waals surface area contributed by atoms with Gasteiger partial charge in [0.25, 0.3) is 5.91 Å². The Hall–Kier alpha value is -3.42. The number of carbonyl (C=O) groups excluding carboxylic acids is 1. The second-order valence-electron chi connectivity index (χ2n) is 6.33. The minimum atomic E-state index is -4.44. The van der Waals surface area contributed by atoms with Crippen molar-refractivity contribution in [3.8, 4) is 0 Å². The lowest BCUT2D eigenvalue weighted by molar-refractivity contribution is -0.137. The summed E-state index contributed by atoms with van der Waals surface area (Å²) in [5.74, 6) is -0.0374. The molecule has 0 saturated heterocycles. The van der Waals surface area contributed by atoms with E-state index in [1.807, 2.05) is 24.3 Å². The van der Waals surface area contributed by atoms with Gasteiger partial charge in [-0.15, -0.1) is 0 Å². The monoisotopic (exact) mass is 384 g/mol. The van der Waals surface area contributed by atoms with Crippen molar-refractivity contribution in [2.45, 2.75) is 12.6 Å². The van der Waals surface area contributed by atoms with Crippen molar-refractivity contribution >= 4 is 23.1 Å². The third-order valence-electron chi connectivity index (χ3n) is 4.48. The van der Waals surface area contributed by atoms with Crippen LogP contribution in [0.5, 0.6) is 0 Å². The molecule has 1 amide bonds. The molecule has 0 aliphatic carbocycles. The maximum absolute atomic E-state index is 12.9. The van der Waals surface area contributed by atoms with E-state index in [2.05, 4.69) is 15.3 Å². The number of aromatic nitrogens is 2. The van der Waals surface area contributed by atoms with Crippen LogP contribution in [0.1, 0.15) is 21.6 Å². The van der Waals surface area contributed by atoms with E-state index in [4.69, 9.17) is 0 Å². The van der Waals surface area contributed by atoms with Crippen LogP contribution in [0.2, 0.25) is 0 Å². The molecule has 3 aromatic rings. The lowest BCUT2D eigenvalue weighted by atomic mass is 10.2. The molecule has 5 nitrogen and oxygen atoms in total. The zero-order valence-electron chi connectivity index (χ0n) is 14.6. The second kappa shape index (κ2) is 6.95. The summed E-state index contributed by atoms with van der Waals surface area (Å²) in [6, 6.07) is 13.9. The number of hydrogen-bond donors (Lipinski definition) is 1. The SMILES string of the molecule is O=C(c1cc(Nc2cccc(C(F)(F)F)c2)ncn1)N1CCc2ccccc21. The standard InChI is InChI=1S/C20H15F3N4O/c21-20(22,23)14-5-3-6-15(10-14)26-18-11-16(24-12-25-18)19(28)27-9-8-13-4-1-2-7-17(13)27/h1-7,10-12H,8-9H2,(H,24,25,26). The van der Waals surface area contributed by atoms with Gasteiger partial charge in [-0.05, 0) is 36.2 Å². The maximum Gasteiger partial charge on any atom is 0.416 e. The third kappa shape index (κ3) is 3.53. The molecule has 2 heterocycles. The Bertz CT molecular complexity index is 1040. The van der Waals surface area contributed by atoms with Crippen molar-refractivity contribution in [3.05, 3.63) is 77.7 Å². The molecule has 1 aromatic heterocycles. The molecule has 28 heavy (non-hydrogen) atoms. The molecule has 2 aromatic carbocycles. The molecule has 0 unspecified atom stereocenters. The minimum absolute atomic E-state index is 0.168. The lowest BCUT2D eigenvalue weighted by Crippen LogP contribution is -2.29. The molecule has 1 aliphatic heterocycles. The van der Waals surface area contributed by atoms with Gasteiger partial charge in [0.05, 0.1) is 5.56 Å². The second-order valence-corrected chi connectivity index (χ2v) is 6.33. The van der Waals surface area contributed by atoms with E-state index < -0.39 is 11.7 Å². The van der Waals surface area contributed by atoms with Crippen LogP contribution in [0.4, 0.5) is 30.4 Å². The fourth-order valence-corrected chi connectivity index (χ4v) is 3.15. The van der Waals surface area contributed by atoms with E-state index in [1.54, 1.807) is 4.90 Å². The van der Waals surface area contributed by atoms with Gasteiger partial charge in [-0.3, -0.25) is 4.79 Å². The molecule has 8 heteroatoms. The van der Waals surface area contributed by atoms with Gasteiger partial charge in [-0.1, -0.05) is 24.3 Å². The van der Waals surface area contributed by atoms with Gasteiger partial charge in [0, 0.05) is 24.0 Å². The first-order valence-corrected chi connectivity index (χ1v) is 8.58. The summed E-state index contributed by atoms with van der Waals surface area (Å²) < 4.78 is 38.6. The number of hydrogen-bond acceptors (Lipinski definition) is 4. The van der Waals surface area contributed by atoms with Crippen LogP contribution in [-0.4, -0.2) is 22.4 Å². The highest BCUT2D eigenvalue weighted by atomic mass is 19.4. The van der Waals surface area contributed by atoms with E-state index in [-0.39, 0.29) is 23.1 Å². The maximum atomic E-state index is 12.9. The highest BCUT2D eigenvalue weighted by molar-refractivity contribution is 6.06. The van der Waals surface area contributed by atoms with Gasteiger partial charge >= 0.3 is 6.18 Å². The number of alkyl halides is 3. The number of anilines is 3. The summed E-state index contributed by atoms with van der Waals surface area (Å²) in [7, 11) is 0. The number of para-hydroxylation sites is 1. The van der Waals surface area contributed by atoms with Crippen LogP contribution < -0.4 is 10.2 Å². The first-order chi connectivity index (χ1) is 13.4. The normalized spacial score (nSPS) is 13.3. The topological polar surface area (TPSA) is 58.1 Å². The summed E-state index contributed by atoms with van der Waals surface area (Å²) in [5, 5.41) is 2.80. The molecule has 0 saturated carbocycles. The predicted molar refractivity (Wildman–Crippen MR) is 98.6 cm³/mol. The number of carbonyl (C=O) groups is 1. The Morgan fingerprint density at radius 1 is 1.04 bits per heavy atom. The third-order valence-corrected chi connectivity index (χ3v) is 4.48. The first kappa shape index (κ1) is 18.0. The summed E-state index contributed by atoms with van der Waals surface area (Å²) in [6.45, 7) is 0.554. The summed E-state index contributed by atoms with van der Waals surface area (Å²) >= 11 is 0. The molecular weight excluding hydrogens is 369 g/mol. The molecule has 0 atom stereocenters. The average Bonchev–Trinajstić information content (AvgIpc) is 3.11. The first-order valence-electron chi connectivity index (χ1n) is 8.58. The number of halogens is 3.